The van der Waals surface area contributed by atoms with Crippen molar-refractivity contribution in [3.8, 4) is 11.1 Å². The maximum Gasteiger partial charge on any atom is 0.219 e. The molecule has 0 spiro atoms. The summed E-state index contributed by atoms with van der Waals surface area (Å²) in [5.41, 5.74) is 10.5. The van der Waals surface area contributed by atoms with E-state index in [2.05, 4.69) is 15.0 Å². The van der Waals surface area contributed by atoms with Crippen molar-refractivity contribution in [1.29, 1.82) is 0 Å². The van der Waals surface area contributed by atoms with Crippen molar-refractivity contribution in [2.45, 2.75) is 20.4 Å². The van der Waals surface area contributed by atoms with Crippen molar-refractivity contribution in [1.82, 2.24) is 24.8 Å². The number of imidazole rings is 1. The van der Waals surface area contributed by atoms with Gasteiger partial charge < -0.3 is 15.6 Å². The van der Waals surface area contributed by atoms with Crippen LogP contribution in [0, 0.1) is 0 Å². The first kappa shape index (κ1) is 17.0. The zero-order chi connectivity index (χ0) is 19.0. The van der Waals surface area contributed by atoms with Gasteiger partial charge in [-0.15, -0.1) is 0 Å². The lowest BCUT2D eigenvalue weighted by molar-refractivity contribution is -0.129. The monoisotopic (exact) mass is 360 g/mol. The fourth-order valence-corrected chi connectivity index (χ4v) is 3.23. The first-order valence-electron chi connectivity index (χ1n) is 8.80. The summed E-state index contributed by atoms with van der Waals surface area (Å²) < 4.78 is 0. The lowest BCUT2D eigenvalue weighted by Crippen LogP contribution is -2.28. The molecule has 0 unspecified atom stereocenters. The SMILES string of the molecule is CCN(Cc1nc2c([nH]1)c(N)nc1cc(-c3cccnc3)ccc12)C(C)=O. The van der Waals surface area contributed by atoms with Crippen LogP contribution in [-0.4, -0.2) is 37.3 Å². The highest BCUT2D eigenvalue weighted by Gasteiger charge is 2.15. The van der Waals surface area contributed by atoms with Crippen molar-refractivity contribution in [3.63, 3.8) is 0 Å². The molecule has 0 saturated heterocycles. The van der Waals surface area contributed by atoms with Gasteiger partial charge in [0.1, 0.15) is 22.7 Å². The van der Waals surface area contributed by atoms with Crippen molar-refractivity contribution >= 4 is 33.7 Å². The summed E-state index contributed by atoms with van der Waals surface area (Å²) in [5, 5.41) is 0.917. The molecular formula is C20H20N6O. The largest absolute Gasteiger partial charge is 0.382 e. The van der Waals surface area contributed by atoms with E-state index in [4.69, 9.17) is 10.7 Å². The first-order chi connectivity index (χ1) is 13.1. The number of nitrogens with two attached hydrogens (primary N) is 1. The molecule has 1 aromatic carbocycles. The lowest BCUT2D eigenvalue weighted by Gasteiger charge is -2.16. The van der Waals surface area contributed by atoms with Gasteiger partial charge >= 0.3 is 0 Å². The predicted octanol–water partition coefficient (Wildman–Crippen LogP) is 3.12. The van der Waals surface area contributed by atoms with Crippen LogP contribution in [0.2, 0.25) is 0 Å². The van der Waals surface area contributed by atoms with E-state index in [1.807, 2.05) is 43.5 Å². The molecule has 4 aromatic rings. The third kappa shape index (κ3) is 3.08. The Hall–Kier alpha value is -3.48. The summed E-state index contributed by atoms with van der Waals surface area (Å²) in [5.74, 6) is 1.10. The van der Waals surface area contributed by atoms with Gasteiger partial charge in [-0.3, -0.25) is 9.78 Å². The Morgan fingerprint density at radius 2 is 2.07 bits per heavy atom. The van der Waals surface area contributed by atoms with Crippen molar-refractivity contribution in [2.24, 2.45) is 0 Å². The first-order valence-corrected chi connectivity index (χ1v) is 8.80. The number of carbonyl (C=O) groups is 1. The van der Waals surface area contributed by atoms with Crippen LogP contribution in [0.15, 0.2) is 42.7 Å². The molecule has 0 aliphatic carbocycles. The van der Waals surface area contributed by atoms with Gasteiger partial charge in [0.15, 0.2) is 0 Å². The number of hydrogen-bond acceptors (Lipinski definition) is 5. The Morgan fingerprint density at radius 1 is 1.22 bits per heavy atom. The van der Waals surface area contributed by atoms with E-state index in [1.54, 1.807) is 18.0 Å². The summed E-state index contributed by atoms with van der Waals surface area (Å²) in [6.45, 7) is 4.53. The molecule has 4 rings (SSSR count). The van der Waals surface area contributed by atoms with Gasteiger partial charge in [-0.25, -0.2) is 9.97 Å². The Labute approximate surface area is 156 Å². The Kier molecular flexibility index (Phi) is 4.19. The second-order valence-electron chi connectivity index (χ2n) is 6.41. The molecule has 0 aliphatic rings. The Balaban J connectivity index is 1.82. The van der Waals surface area contributed by atoms with Gasteiger partial charge in [-0.2, -0.15) is 0 Å². The van der Waals surface area contributed by atoms with E-state index in [1.165, 1.54) is 0 Å². The standard InChI is InChI=1S/C20H20N6O/c1-3-26(12(2)27)11-17-24-18-15-7-6-13(14-5-4-8-22-10-14)9-16(15)23-20(21)19(18)25-17/h4-10H,3,11H2,1-2H3,(H2,21,23)(H,24,25). The molecule has 136 valence electrons. The zero-order valence-electron chi connectivity index (χ0n) is 15.2. The van der Waals surface area contributed by atoms with Crippen LogP contribution < -0.4 is 5.73 Å². The highest BCUT2D eigenvalue weighted by Crippen LogP contribution is 2.29. The number of hydrogen-bond donors (Lipinski definition) is 2. The predicted molar refractivity (Wildman–Crippen MR) is 106 cm³/mol. The number of nitrogen functional groups attached to an aromatic ring is 1. The van der Waals surface area contributed by atoms with Crippen LogP contribution in [0.1, 0.15) is 19.7 Å². The molecule has 7 nitrogen and oxygen atoms in total. The topological polar surface area (TPSA) is 101 Å². The number of nitrogens with zero attached hydrogens (tertiary/aromatic N) is 4. The number of rotatable bonds is 4. The van der Waals surface area contributed by atoms with E-state index in [9.17, 15) is 4.79 Å². The van der Waals surface area contributed by atoms with Gasteiger partial charge in [0.2, 0.25) is 5.91 Å². The highest BCUT2D eigenvalue weighted by molar-refractivity contribution is 6.07. The molecule has 27 heavy (non-hydrogen) atoms. The molecule has 3 heterocycles. The smallest absolute Gasteiger partial charge is 0.219 e. The second-order valence-corrected chi connectivity index (χ2v) is 6.41. The minimum Gasteiger partial charge on any atom is -0.382 e. The van der Waals surface area contributed by atoms with Crippen LogP contribution in [0.5, 0.6) is 0 Å². The number of fused-ring (bicyclic) bond motifs is 3. The molecule has 7 heteroatoms. The molecule has 0 radical (unpaired) electrons. The fourth-order valence-electron chi connectivity index (χ4n) is 3.23. The Bertz CT molecular complexity index is 1140. The third-order valence-corrected chi connectivity index (χ3v) is 4.67. The number of nitrogens with one attached hydrogen (secondary N) is 1. The summed E-state index contributed by atoms with van der Waals surface area (Å²) in [6.07, 6.45) is 3.56. The van der Waals surface area contributed by atoms with Crippen LogP contribution in [-0.2, 0) is 11.3 Å². The van der Waals surface area contributed by atoms with Gasteiger partial charge in [-0.05, 0) is 30.7 Å². The average molecular weight is 360 g/mol. The number of aromatic amines is 1. The molecule has 0 fully saturated rings. The summed E-state index contributed by atoms with van der Waals surface area (Å²) >= 11 is 0. The second kappa shape index (κ2) is 6.68. The Morgan fingerprint density at radius 3 is 2.78 bits per heavy atom. The van der Waals surface area contributed by atoms with Crippen LogP contribution in [0.4, 0.5) is 5.82 Å². The van der Waals surface area contributed by atoms with Crippen molar-refractivity contribution in [3.05, 3.63) is 48.5 Å². The molecule has 0 aliphatic heterocycles. The van der Waals surface area contributed by atoms with Crippen molar-refractivity contribution < 1.29 is 4.79 Å². The zero-order valence-corrected chi connectivity index (χ0v) is 15.2. The minimum absolute atomic E-state index is 0.00928. The number of benzene rings is 1. The maximum absolute atomic E-state index is 11.7. The van der Waals surface area contributed by atoms with E-state index < -0.39 is 0 Å². The number of anilines is 1. The van der Waals surface area contributed by atoms with Crippen LogP contribution >= 0.6 is 0 Å². The number of aromatic nitrogens is 4. The normalized spacial score (nSPS) is 11.2. The van der Waals surface area contributed by atoms with Gasteiger partial charge in [0, 0.05) is 36.8 Å². The number of pyridine rings is 2. The quantitative estimate of drug-likeness (QED) is 0.582. The van der Waals surface area contributed by atoms with E-state index in [0.29, 0.717) is 30.2 Å². The summed E-state index contributed by atoms with van der Waals surface area (Å²) in [4.78, 5) is 30.0. The summed E-state index contributed by atoms with van der Waals surface area (Å²) in [6, 6.07) is 9.92. The fraction of sp³-hybridized carbons (Fsp3) is 0.200. The molecule has 0 saturated carbocycles. The van der Waals surface area contributed by atoms with E-state index in [0.717, 1.165) is 27.5 Å². The maximum atomic E-state index is 11.7. The average Bonchev–Trinajstić information content (AvgIpc) is 3.11. The number of H-pyrrole nitrogens is 1. The third-order valence-electron chi connectivity index (χ3n) is 4.67. The van der Waals surface area contributed by atoms with Gasteiger partial charge in [0.25, 0.3) is 0 Å². The summed E-state index contributed by atoms with van der Waals surface area (Å²) in [7, 11) is 0. The molecule has 3 aromatic heterocycles. The minimum atomic E-state index is 0.00928. The molecule has 0 bridgehead atoms. The lowest BCUT2D eigenvalue weighted by atomic mass is 10.0. The molecule has 0 atom stereocenters. The van der Waals surface area contributed by atoms with Crippen LogP contribution in [0.25, 0.3) is 33.1 Å². The molecule has 1 amide bonds. The van der Waals surface area contributed by atoms with Gasteiger partial charge in [-0.1, -0.05) is 12.1 Å². The molecule has 3 N–H and O–H groups in total. The number of amides is 1. The highest BCUT2D eigenvalue weighted by atomic mass is 16.2. The van der Waals surface area contributed by atoms with Crippen molar-refractivity contribution in [2.75, 3.05) is 12.3 Å². The van der Waals surface area contributed by atoms with Gasteiger partial charge in [0.05, 0.1) is 12.1 Å². The molecular weight excluding hydrogens is 340 g/mol. The van der Waals surface area contributed by atoms with E-state index in [-0.39, 0.29) is 5.91 Å². The van der Waals surface area contributed by atoms with Crippen LogP contribution in [0.3, 0.4) is 0 Å². The van der Waals surface area contributed by atoms with E-state index >= 15 is 0 Å². The number of carbonyl (C=O) groups excluding carboxylic acids is 1.